The molecule has 0 fully saturated rings. The molecule has 0 saturated carbocycles. The minimum atomic E-state index is -4.96. The molecule has 0 aliphatic carbocycles. The fraction of sp³-hybridized carbons (Fsp3) is 0.214. The quantitative estimate of drug-likeness (QED) is 0.265. The Hall–Kier alpha value is -4.34. The van der Waals surface area contributed by atoms with Crippen LogP contribution in [-0.4, -0.2) is 34.6 Å². The number of benzene rings is 3. The Bertz CT molecular complexity index is 1460. The van der Waals surface area contributed by atoms with Crippen LogP contribution in [0.4, 0.5) is 28.0 Å². The number of nitrogens with zero attached hydrogens (tertiary/aromatic N) is 2. The number of alkyl halides is 3. The lowest BCUT2D eigenvalue weighted by Crippen LogP contribution is -2.33. The van der Waals surface area contributed by atoms with Gasteiger partial charge in [-0.3, -0.25) is 4.79 Å². The van der Waals surface area contributed by atoms with Crippen LogP contribution in [0.1, 0.15) is 35.3 Å². The summed E-state index contributed by atoms with van der Waals surface area (Å²) in [6.45, 7) is 4.71. The van der Waals surface area contributed by atoms with E-state index in [1.165, 1.54) is 11.0 Å². The predicted octanol–water partition coefficient (Wildman–Crippen LogP) is 6.94. The minimum Gasteiger partial charge on any atom is -0.408 e. The highest BCUT2D eigenvalue weighted by Crippen LogP contribution is 2.37. The maximum atomic E-state index is 14.5. The first-order valence-electron chi connectivity index (χ1n) is 11.9. The van der Waals surface area contributed by atoms with Crippen molar-refractivity contribution in [3.63, 3.8) is 0 Å². The van der Waals surface area contributed by atoms with Crippen molar-refractivity contribution in [1.29, 1.82) is 0 Å². The van der Waals surface area contributed by atoms with Crippen LogP contribution in [0.2, 0.25) is 0 Å². The normalized spacial score (nSPS) is 11.4. The topological polar surface area (TPSA) is 63.6 Å². The molecule has 1 heterocycles. The highest BCUT2D eigenvalue weighted by Gasteiger charge is 2.37. The molecule has 38 heavy (non-hydrogen) atoms. The number of amides is 2. The van der Waals surface area contributed by atoms with E-state index in [2.05, 4.69) is 5.32 Å². The molecule has 3 aromatic carbocycles. The fourth-order valence-electron chi connectivity index (χ4n) is 4.19. The molecule has 2 amide bonds. The van der Waals surface area contributed by atoms with E-state index in [1.54, 1.807) is 32.2 Å². The summed E-state index contributed by atoms with van der Waals surface area (Å²) in [5, 5.41) is 2.80. The van der Waals surface area contributed by atoms with Crippen molar-refractivity contribution in [2.75, 3.05) is 18.4 Å². The van der Waals surface area contributed by atoms with E-state index in [-0.39, 0.29) is 11.4 Å². The third-order valence-electron chi connectivity index (χ3n) is 6.11. The van der Waals surface area contributed by atoms with Gasteiger partial charge in [-0.25, -0.2) is 9.18 Å². The third-order valence-corrected chi connectivity index (χ3v) is 6.11. The minimum absolute atomic E-state index is 0.0452. The number of carbonyl (C=O) groups excluding carboxylic acids is 2. The van der Waals surface area contributed by atoms with E-state index in [0.717, 1.165) is 17.7 Å². The van der Waals surface area contributed by atoms with E-state index in [1.807, 2.05) is 34.9 Å². The standard InChI is InChI=1S/C28H25F4N3O3/c1-3-34(4-2)27(37)38-23-14-13-22-19(15-16-35(22)17-18-9-6-5-7-10-18)25(23)33-26(36)24-20(28(30,31)32)11-8-12-21(24)29/h5-16H,3-4,17H2,1-2H3,(H,33,36). The second kappa shape index (κ2) is 11.0. The Morgan fingerprint density at radius 2 is 1.66 bits per heavy atom. The Morgan fingerprint density at radius 3 is 2.32 bits per heavy atom. The summed E-state index contributed by atoms with van der Waals surface area (Å²) in [6.07, 6.45) is -3.92. The molecule has 0 saturated heterocycles. The van der Waals surface area contributed by atoms with Crippen molar-refractivity contribution in [3.8, 4) is 5.75 Å². The number of halogens is 4. The number of hydrogen-bond donors (Lipinski definition) is 1. The molecule has 10 heteroatoms. The largest absolute Gasteiger partial charge is 0.417 e. The van der Waals surface area contributed by atoms with Gasteiger partial charge in [-0.15, -0.1) is 0 Å². The third kappa shape index (κ3) is 5.49. The van der Waals surface area contributed by atoms with Crippen molar-refractivity contribution in [3.05, 3.63) is 95.4 Å². The molecule has 198 valence electrons. The van der Waals surface area contributed by atoms with Crippen LogP contribution in [0, 0.1) is 5.82 Å². The number of aromatic nitrogens is 1. The van der Waals surface area contributed by atoms with Crippen LogP contribution < -0.4 is 10.1 Å². The zero-order chi connectivity index (χ0) is 27.4. The van der Waals surface area contributed by atoms with Gasteiger partial charge in [0.05, 0.1) is 22.3 Å². The zero-order valence-electron chi connectivity index (χ0n) is 20.7. The number of ether oxygens (including phenoxy) is 1. The Morgan fingerprint density at radius 1 is 0.947 bits per heavy atom. The van der Waals surface area contributed by atoms with Gasteiger partial charge in [-0.05, 0) is 49.7 Å². The fourth-order valence-corrected chi connectivity index (χ4v) is 4.19. The lowest BCUT2D eigenvalue weighted by atomic mass is 10.0. The van der Waals surface area contributed by atoms with Crippen LogP contribution in [0.15, 0.2) is 72.9 Å². The van der Waals surface area contributed by atoms with Crippen LogP contribution in [0.25, 0.3) is 10.9 Å². The van der Waals surface area contributed by atoms with Crippen molar-refractivity contribution >= 4 is 28.6 Å². The Labute approximate surface area is 216 Å². The Balaban J connectivity index is 1.80. The lowest BCUT2D eigenvalue weighted by molar-refractivity contribution is -0.138. The Kier molecular flexibility index (Phi) is 7.70. The van der Waals surface area contributed by atoms with Gasteiger partial charge in [0.2, 0.25) is 0 Å². The molecule has 0 unspecified atom stereocenters. The monoisotopic (exact) mass is 527 g/mol. The second-order valence-corrected chi connectivity index (χ2v) is 8.46. The van der Waals surface area contributed by atoms with Crippen molar-refractivity contribution in [2.24, 2.45) is 0 Å². The van der Waals surface area contributed by atoms with Gasteiger partial charge in [-0.2, -0.15) is 13.2 Å². The molecule has 4 rings (SSSR count). The number of nitrogens with one attached hydrogen (secondary N) is 1. The number of rotatable bonds is 7. The summed E-state index contributed by atoms with van der Waals surface area (Å²) in [4.78, 5) is 27.2. The van der Waals surface area contributed by atoms with Crippen molar-refractivity contribution in [2.45, 2.75) is 26.6 Å². The van der Waals surface area contributed by atoms with Crippen LogP contribution in [0.5, 0.6) is 5.75 Å². The summed E-state index contributed by atoms with van der Waals surface area (Å²) in [6, 6.07) is 16.6. The summed E-state index contributed by atoms with van der Waals surface area (Å²) >= 11 is 0. The van der Waals surface area contributed by atoms with Gasteiger partial charge in [-0.1, -0.05) is 36.4 Å². The number of carbonyl (C=O) groups is 2. The van der Waals surface area contributed by atoms with Gasteiger partial charge in [0.25, 0.3) is 5.91 Å². The maximum absolute atomic E-state index is 14.5. The van der Waals surface area contributed by atoms with Gasteiger partial charge in [0.15, 0.2) is 5.75 Å². The predicted molar refractivity (Wildman–Crippen MR) is 136 cm³/mol. The lowest BCUT2D eigenvalue weighted by Gasteiger charge is -2.20. The smallest absolute Gasteiger partial charge is 0.408 e. The summed E-state index contributed by atoms with van der Waals surface area (Å²) < 4.78 is 62.7. The van der Waals surface area contributed by atoms with Gasteiger partial charge >= 0.3 is 12.3 Å². The second-order valence-electron chi connectivity index (χ2n) is 8.46. The maximum Gasteiger partial charge on any atom is 0.417 e. The molecule has 0 atom stereocenters. The summed E-state index contributed by atoms with van der Waals surface area (Å²) in [5.41, 5.74) is -0.992. The average molecular weight is 528 g/mol. The number of anilines is 1. The van der Waals surface area contributed by atoms with Gasteiger partial charge in [0.1, 0.15) is 5.82 Å². The molecule has 0 aliphatic heterocycles. The number of fused-ring (bicyclic) bond motifs is 1. The highest BCUT2D eigenvalue weighted by molar-refractivity contribution is 6.11. The van der Waals surface area contributed by atoms with Crippen molar-refractivity contribution < 1.29 is 31.9 Å². The molecular weight excluding hydrogens is 502 g/mol. The van der Waals surface area contributed by atoms with Crippen LogP contribution in [-0.2, 0) is 12.7 Å². The number of hydrogen-bond acceptors (Lipinski definition) is 3. The zero-order valence-corrected chi connectivity index (χ0v) is 20.7. The van der Waals surface area contributed by atoms with E-state index < -0.39 is 35.1 Å². The molecule has 0 aliphatic rings. The molecule has 0 bridgehead atoms. The SMILES string of the molecule is CCN(CC)C(=O)Oc1ccc2c(ccn2Cc2ccccc2)c1NC(=O)c1c(F)cccc1C(F)(F)F. The van der Waals surface area contributed by atoms with E-state index in [0.29, 0.717) is 36.6 Å². The van der Waals surface area contributed by atoms with E-state index in [4.69, 9.17) is 4.74 Å². The first-order valence-corrected chi connectivity index (χ1v) is 11.9. The van der Waals surface area contributed by atoms with Crippen LogP contribution >= 0.6 is 0 Å². The van der Waals surface area contributed by atoms with Gasteiger partial charge in [0, 0.05) is 31.2 Å². The molecular formula is C28H25F4N3O3. The summed E-state index contributed by atoms with van der Waals surface area (Å²) in [7, 11) is 0. The molecule has 1 aromatic heterocycles. The molecule has 1 N–H and O–H groups in total. The summed E-state index contributed by atoms with van der Waals surface area (Å²) in [5.74, 6) is -2.73. The molecule has 0 spiro atoms. The van der Waals surface area contributed by atoms with E-state index >= 15 is 0 Å². The molecule has 4 aromatic rings. The van der Waals surface area contributed by atoms with E-state index in [9.17, 15) is 27.2 Å². The molecule has 0 radical (unpaired) electrons. The first kappa shape index (κ1) is 26.7. The van der Waals surface area contributed by atoms with Crippen molar-refractivity contribution in [1.82, 2.24) is 9.47 Å². The van der Waals surface area contributed by atoms with Gasteiger partial charge < -0.3 is 19.5 Å². The highest BCUT2D eigenvalue weighted by atomic mass is 19.4. The first-order chi connectivity index (χ1) is 18.1. The average Bonchev–Trinajstić information content (AvgIpc) is 3.28. The molecule has 6 nitrogen and oxygen atoms in total. The van der Waals surface area contributed by atoms with Crippen LogP contribution in [0.3, 0.4) is 0 Å².